The fraction of sp³-hybridized carbons (Fsp3) is 0.0417. The van der Waals surface area contributed by atoms with Gasteiger partial charge in [-0.05, 0) is 23.3 Å². The van der Waals surface area contributed by atoms with Gasteiger partial charge in [0.2, 0.25) is 0 Å². The Hall–Kier alpha value is -4.28. The summed E-state index contributed by atoms with van der Waals surface area (Å²) in [6.07, 6.45) is 0. The molecule has 7 N–H and O–H groups in total. The molecule has 0 aromatic heterocycles. The van der Waals surface area contributed by atoms with Crippen molar-refractivity contribution < 1.29 is 14.7 Å². The van der Waals surface area contributed by atoms with Crippen molar-refractivity contribution in [1.29, 1.82) is 0 Å². The number of rotatable bonds is 3. The van der Waals surface area contributed by atoms with Crippen LogP contribution in [0.1, 0.15) is 22.6 Å². The summed E-state index contributed by atoms with van der Waals surface area (Å²) in [5, 5.41) is 10.9. The van der Waals surface area contributed by atoms with Crippen LogP contribution in [0.3, 0.4) is 0 Å². The van der Waals surface area contributed by atoms with Crippen LogP contribution in [-0.4, -0.2) is 17.0 Å². The Morgan fingerprint density at radius 2 is 1.53 bits per heavy atom. The van der Waals surface area contributed by atoms with Gasteiger partial charge >= 0.3 is 0 Å². The molecule has 1 amide bonds. The normalized spacial score (nSPS) is 15.5. The van der Waals surface area contributed by atoms with Gasteiger partial charge in [0.25, 0.3) is 5.91 Å². The van der Waals surface area contributed by atoms with Crippen molar-refractivity contribution >= 4 is 34.4 Å². The molecule has 6 heteroatoms. The summed E-state index contributed by atoms with van der Waals surface area (Å²) in [5.74, 6) is -0.0514. The third-order valence-corrected chi connectivity index (χ3v) is 5.31. The first-order valence-corrected chi connectivity index (χ1v) is 9.26. The maximum absolute atomic E-state index is 12.2. The number of nitrogens with two attached hydrogens (primary N) is 3. The molecule has 6 nitrogen and oxygen atoms in total. The summed E-state index contributed by atoms with van der Waals surface area (Å²) in [6, 6.07) is 19.4. The molecule has 148 valence electrons. The van der Waals surface area contributed by atoms with E-state index in [1.165, 1.54) is 0 Å². The van der Waals surface area contributed by atoms with Gasteiger partial charge in [0.05, 0.1) is 17.1 Å². The number of carbonyl (C=O) groups is 1. The van der Waals surface area contributed by atoms with Gasteiger partial charge in [0.15, 0.2) is 0 Å². The number of allylic oxidation sites excluding steroid dienone is 1. The predicted molar refractivity (Wildman–Crippen MR) is 118 cm³/mol. The summed E-state index contributed by atoms with van der Waals surface area (Å²) >= 11 is 0. The zero-order chi connectivity index (χ0) is 21.4. The fourth-order valence-electron chi connectivity index (χ4n) is 3.93. The fourth-order valence-corrected chi connectivity index (χ4v) is 3.93. The van der Waals surface area contributed by atoms with Crippen LogP contribution in [0.25, 0.3) is 22.3 Å². The molecule has 0 aliphatic heterocycles. The van der Waals surface area contributed by atoms with E-state index in [9.17, 15) is 14.7 Å². The average Bonchev–Trinajstić information content (AvgIpc) is 2.74. The van der Waals surface area contributed by atoms with E-state index in [-0.39, 0.29) is 16.9 Å². The minimum atomic E-state index is -0.900. The Kier molecular flexibility index (Phi) is 4.62. The molecule has 0 heterocycles. The Morgan fingerprint density at radius 1 is 0.900 bits per heavy atom. The first-order valence-electron chi connectivity index (χ1n) is 9.26. The highest BCUT2D eigenvalue weighted by Crippen LogP contribution is 2.49. The van der Waals surface area contributed by atoms with Crippen LogP contribution in [0.2, 0.25) is 0 Å². The molecule has 3 aromatic rings. The van der Waals surface area contributed by atoms with E-state index in [1.807, 2.05) is 24.1 Å². The second-order valence-electron chi connectivity index (χ2n) is 7.06. The smallest absolute Gasteiger partial charge is 0.252 e. The molecule has 0 saturated carbocycles. The molecule has 0 saturated heterocycles. The third-order valence-electron chi connectivity index (χ3n) is 5.31. The van der Waals surface area contributed by atoms with Crippen LogP contribution < -0.4 is 17.2 Å². The summed E-state index contributed by atoms with van der Waals surface area (Å²) in [6.45, 7) is 0. The number of aliphatic hydroxyl groups is 1. The van der Waals surface area contributed by atoms with E-state index in [2.05, 4.69) is 0 Å². The van der Waals surface area contributed by atoms with E-state index in [0.29, 0.717) is 33.6 Å². The van der Waals surface area contributed by atoms with Gasteiger partial charge in [0, 0.05) is 28.1 Å². The van der Waals surface area contributed by atoms with Gasteiger partial charge in [0.1, 0.15) is 11.7 Å². The van der Waals surface area contributed by atoms with E-state index in [4.69, 9.17) is 17.2 Å². The van der Waals surface area contributed by atoms with Crippen LogP contribution in [0.5, 0.6) is 0 Å². The number of amides is 1. The molecule has 1 aliphatic carbocycles. The molecular weight excluding hydrogens is 378 g/mol. The lowest BCUT2D eigenvalue weighted by Crippen LogP contribution is -2.24. The van der Waals surface area contributed by atoms with E-state index < -0.39 is 11.8 Å². The Balaban J connectivity index is 2.03. The monoisotopic (exact) mass is 397 g/mol. The molecular formula is C24H19N3O3. The number of fused-ring (bicyclic) bond motifs is 1. The Morgan fingerprint density at radius 3 is 2.13 bits per heavy atom. The summed E-state index contributed by atoms with van der Waals surface area (Å²) < 4.78 is 0. The van der Waals surface area contributed by atoms with Crippen molar-refractivity contribution in [2.75, 3.05) is 11.5 Å². The third kappa shape index (κ3) is 2.92. The zero-order valence-electron chi connectivity index (χ0n) is 15.9. The lowest BCUT2D eigenvalue weighted by Gasteiger charge is -2.29. The maximum Gasteiger partial charge on any atom is 0.252 e. The molecule has 4 rings (SSSR count). The van der Waals surface area contributed by atoms with Crippen LogP contribution in [-0.2, 0) is 9.59 Å². The number of nitrogen functional groups attached to an aromatic ring is 2. The highest BCUT2D eigenvalue weighted by atomic mass is 16.3. The highest BCUT2D eigenvalue weighted by molar-refractivity contribution is 6.24. The van der Waals surface area contributed by atoms with Crippen LogP contribution in [0.4, 0.5) is 11.4 Å². The molecule has 0 fully saturated rings. The quantitative estimate of drug-likeness (QED) is 0.398. The van der Waals surface area contributed by atoms with E-state index >= 15 is 0 Å². The lowest BCUT2D eigenvalue weighted by molar-refractivity contribution is -0.112. The maximum atomic E-state index is 12.2. The minimum absolute atomic E-state index is 0.0617. The van der Waals surface area contributed by atoms with Gasteiger partial charge < -0.3 is 22.3 Å². The molecule has 30 heavy (non-hydrogen) atoms. The number of primary amides is 1. The molecule has 0 bridgehead atoms. The first kappa shape index (κ1) is 19.1. The second kappa shape index (κ2) is 7.28. The summed E-state index contributed by atoms with van der Waals surface area (Å²) in [5.41, 5.74) is 21.6. The topological polar surface area (TPSA) is 132 Å². The van der Waals surface area contributed by atoms with Gasteiger partial charge in [-0.1, -0.05) is 54.6 Å². The van der Waals surface area contributed by atoms with Crippen molar-refractivity contribution in [3.8, 4) is 11.1 Å². The van der Waals surface area contributed by atoms with Crippen LogP contribution in [0.15, 0.2) is 72.5 Å². The lowest BCUT2D eigenvalue weighted by atomic mass is 9.74. The van der Waals surface area contributed by atoms with E-state index in [1.54, 1.807) is 48.5 Å². The van der Waals surface area contributed by atoms with Gasteiger partial charge in [-0.2, -0.15) is 0 Å². The molecule has 1 atom stereocenters. The molecule has 1 aliphatic rings. The summed E-state index contributed by atoms with van der Waals surface area (Å²) in [7, 11) is 0. The second-order valence-corrected chi connectivity index (χ2v) is 7.06. The van der Waals surface area contributed by atoms with Gasteiger partial charge in [-0.15, -0.1) is 0 Å². The highest BCUT2D eigenvalue weighted by Gasteiger charge is 2.37. The van der Waals surface area contributed by atoms with Gasteiger partial charge in [-0.3, -0.25) is 4.79 Å². The average molecular weight is 397 g/mol. The predicted octanol–water partition coefficient (Wildman–Crippen LogP) is 3.28. The van der Waals surface area contributed by atoms with Gasteiger partial charge in [-0.25, -0.2) is 4.79 Å². The molecule has 0 spiro atoms. The molecule has 1 unspecified atom stereocenters. The number of hydrogen-bond donors (Lipinski definition) is 4. The number of carbonyl (C=O) groups excluding carboxylic acids is 2. The van der Waals surface area contributed by atoms with Crippen molar-refractivity contribution in [3.63, 3.8) is 0 Å². The zero-order valence-corrected chi connectivity index (χ0v) is 15.9. The Bertz CT molecular complexity index is 1240. The largest absolute Gasteiger partial charge is 0.510 e. The van der Waals surface area contributed by atoms with Crippen LogP contribution in [0, 0.1) is 0 Å². The SMILES string of the molecule is NC(=O)C1=C(O)C(c2ccccc2)C(=C=O)c2c1ccc(-c1ccc(N)cc1)c2N. The van der Waals surface area contributed by atoms with Crippen molar-refractivity contribution in [2.24, 2.45) is 5.73 Å². The number of benzene rings is 3. The van der Waals surface area contributed by atoms with Crippen molar-refractivity contribution in [3.05, 3.63) is 89.2 Å². The minimum Gasteiger partial charge on any atom is -0.510 e. The number of hydrogen-bond acceptors (Lipinski definition) is 5. The van der Waals surface area contributed by atoms with Crippen molar-refractivity contribution in [2.45, 2.75) is 5.92 Å². The molecule has 3 aromatic carbocycles. The standard InChI is InChI=1S/C24H19N3O3/c25-15-8-6-13(7-9-15)16-10-11-17-20(22(16)26)18(12-28)19(14-4-2-1-3-5-14)23(29)21(17)24(27)30/h1-11,19,29H,25-26H2,(H2,27,30). The van der Waals surface area contributed by atoms with Crippen LogP contribution >= 0.6 is 0 Å². The number of aliphatic hydroxyl groups excluding tert-OH is 1. The number of anilines is 2. The summed E-state index contributed by atoms with van der Waals surface area (Å²) in [4.78, 5) is 24.3. The van der Waals surface area contributed by atoms with Crippen molar-refractivity contribution in [1.82, 2.24) is 0 Å². The Labute approximate surface area is 172 Å². The van der Waals surface area contributed by atoms with E-state index in [0.717, 1.165) is 5.56 Å². The first-order chi connectivity index (χ1) is 14.4. The molecule has 0 radical (unpaired) electrons.